The number of aromatic nitrogens is 1. The number of fused-ring (bicyclic) bond motifs is 1. The maximum absolute atomic E-state index is 13.6. The third-order valence-electron chi connectivity index (χ3n) is 7.47. The molecule has 2 aromatic rings. The number of nitrogens with one attached hydrogen (secondary N) is 1. The van der Waals surface area contributed by atoms with E-state index in [0.717, 1.165) is 19.3 Å². The molecule has 0 spiro atoms. The Balaban J connectivity index is 1.53. The maximum Gasteiger partial charge on any atom is 0.292 e. The first-order chi connectivity index (χ1) is 13.6. The molecule has 1 aliphatic carbocycles. The van der Waals surface area contributed by atoms with Gasteiger partial charge in [-0.15, -0.1) is 0 Å². The molecule has 1 aromatic carbocycles. The Hall–Kier alpha value is -2.14. The predicted octanol–water partition coefficient (Wildman–Crippen LogP) is 3.73. The Kier molecular flexibility index (Phi) is 4.31. The van der Waals surface area contributed by atoms with Gasteiger partial charge in [0.05, 0.1) is 5.69 Å². The molecule has 28 heavy (non-hydrogen) atoms. The second kappa shape index (κ2) is 6.73. The number of nitrogens with zero attached hydrogens (tertiary/aromatic N) is 2. The second-order valence-electron chi connectivity index (χ2n) is 9.07. The molecule has 3 aliphatic rings. The minimum absolute atomic E-state index is 0.0242. The number of benzene rings is 1. The van der Waals surface area contributed by atoms with Crippen LogP contribution in [-0.2, 0) is 6.42 Å². The van der Waals surface area contributed by atoms with Crippen LogP contribution >= 0.6 is 0 Å². The largest absolute Gasteiger partial charge is 0.438 e. The lowest BCUT2D eigenvalue weighted by Crippen LogP contribution is -2.57. The summed E-state index contributed by atoms with van der Waals surface area (Å²) in [6.45, 7) is 4.25. The molecule has 1 saturated carbocycles. The van der Waals surface area contributed by atoms with Gasteiger partial charge in [0.2, 0.25) is 5.76 Å². The Morgan fingerprint density at radius 2 is 2.07 bits per heavy atom. The highest BCUT2D eigenvalue weighted by Crippen LogP contribution is 2.52. The molecule has 2 aliphatic heterocycles. The van der Waals surface area contributed by atoms with Crippen molar-refractivity contribution < 1.29 is 9.21 Å². The van der Waals surface area contributed by atoms with Gasteiger partial charge < -0.3 is 14.6 Å². The fourth-order valence-corrected chi connectivity index (χ4v) is 6.05. The van der Waals surface area contributed by atoms with E-state index in [1.807, 2.05) is 6.92 Å². The van der Waals surface area contributed by atoms with Gasteiger partial charge in [0.25, 0.3) is 5.91 Å². The van der Waals surface area contributed by atoms with Crippen molar-refractivity contribution in [2.24, 2.45) is 5.41 Å². The van der Waals surface area contributed by atoms with Crippen molar-refractivity contribution in [3.05, 3.63) is 53.7 Å². The molecule has 1 N–H and O–H groups in total. The summed E-state index contributed by atoms with van der Waals surface area (Å²) in [7, 11) is 0. The third kappa shape index (κ3) is 2.71. The Labute approximate surface area is 166 Å². The summed E-state index contributed by atoms with van der Waals surface area (Å²) in [5, 5.41) is 3.98. The standard InChI is InChI=1S/C23H29N3O2/c1-15-21(28-14-24-15)22(27)26-18-13-23(2)19(10-6-7-11-20(23)26)25-17(18)12-16-8-4-3-5-9-16/h3-5,8-9,14,17-20,25H,6-7,10-13H2,1-2H3/t17-,18+,19-,20+,23-/m1/s1. The minimum Gasteiger partial charge on any atom is -0.438 e. The Morgan fingerprint density at radius 1 is 1.29 bits per heavy atom. The van der Waals surface area contributed by atoms with Gasteiger partial charge in [0.15, 0.2) is 6.39 Å². The fourth-order valence-electron chi connectivity index (χ4n) is 6.05. The topological polar surface area (TPSA) is 58.4 Å². The van der Waals surface area contributed by atoms with Crippen molar-refractivity contribution in [3.8, 4) is 0 Å². The van der Waals surface area contributed by atoms with Crippen LogP contribution in [0.3, 0.4) is 0 Å². The molecule has 1 amide bonds. The first-order valence-electron chi connectivity index (χ1n) is 10.6. The molecule has 5 heteroatoms. The number of likely N-dealkylation sites (tertiary alicyclic amines) is 1. The zero-order valence-corrected chi connectivity index (χ0v) is 16.7. The van der Waals surface area contributed by atoms with E-state index in [-0.39, 0.29) is 29.4 Å². The van der Waals surface area contributed by atoms with Crippen molar-refractivity contribution in [1.82, 2.24) is 15.2 Å². The quantitative estimate of drug-likeness (QED) is 0.883. The lowest BCUT2D eigenvalue weighted by Gasteiger charge is -2.43. The number of hydrogen-bond donors (Lipinski definition) is 1. The average molecular weight is 380 g/mol. The van der Waals surface area contributed by atoms with Crippen LogP contribution in [0, 0.1) is 12.3 Å². The molecular weight excluding hydrogens is 350 g/mol. The van der Waals surface area contributed by atoms with Crippen molar-refractivity contribution in [2.75, 3.05) is 0 Å². The number of aryl methyl sites for hydroxylation is 1. The van der Waals surface area contributed by atoms with Crippen LogP contribution in [0.1, 0.15) is 60.8 Å². The van der Waals surface area contributed by atoms with Crippen LogP contribution in [0.25, 0.3) is 0 Å². The first-order valence-corrected chi connectivity index (χ1v) is 10.6. The number of hydrogen-bond acceptors (Lipinski definition) is 4. The summed E-state index contributed by atoms with van der Waals surface area (Å²) in [4.78, 5) is 19.9. The molecular formula is C23H29N3O2. The highest BCUT2D eigenvalue weighted by Gasteiger charge is 2.60. The fraction of sp³-hybridized carbons (Fsp3) is 0.565. The smallest absolute Gasteiger partial charge is 0.292 e. The summed E-state index contributed by atoms with van der Waals surface area (Å²) in [6.07, 6.45) is 8.12. The zero-order chi connectivity index (χ0) is 19.3. The molecule has 3 fully saturated rings. The monoisotopic (exact) mass is 379 g/mol. The summed E-state index contributed by atoms with van der Waals surface area (Å²) in [5.74, 6) is 0.437. The first kappa shape index (κ1) is 17.9. The number of rotatable bonds is 3. The molecule has 5 nitrogen and oxygen atoms in total. The summed E-state index contributed by atoms with van der Waals surface area (Å²) in [6, 6.07) is 11.9. The lowest BCUT2D eigenvalue weighted by atomic mass is 9.70. The van der Waals surface area contributed by atoms with Gasteiger partial charge in [0, 0.05) is 29.6 Å². The molecule has 0 unspecified atom stereocenters. The van der Waals surface area contributed by atoms with Gasteiger partial charge in [-0.3, -0.25) is 4.79 Å². The summed E-state index contributed by atoms with van der Waals surface area (Å²) < 4.78 is 5.52. The van der Waals surface area contributed by atoms with E-state index < -0.39 is 0 Å². The van der Waals surface area contributed by atoms with E-state index in [1.54, 1.807) is 0 Å². The third-order valence-corrected chi connectivity index (χ3v) is 7.47. The SMILES string of the molecule is Cc1ncoc1C(=O)N1[C@H]2CCCC[C@H]3N[C@H](Cc4ccccc4)[C@@H]1C[C@@]23C. The molecule has 5 rings (SSSR count). The zero-order valence-electron chi connectivity index (χ0n) is 16.7. The highest BCUT2D eigenvalue weighted by atomic mass is 16.3. The van der Waals surface area contributed by atoms with E-state index in [2.05, 4.69) is 52.5 Å². The number of oxazole rings is 1. The van der Waals surface area contributed by atoms with Crippen LogP contribution < -0.4 is 5.32 Å². The van der Waals surface area contributed by atoms with Gasteiger partial charge >= 0.3 is 0 Å². The number of carbonyl (C=O) groups is 1. The number of carbonyl (C=O) groups excluding carboxylic acids is 1. The highest BCUT2D eigenvalue weighted by molar-refractivity contribution is 5.93. The molecule has 2 bridgehead atoms. The van der Waals surface area contributed by atoms with Crippen molar-refractivity contribution >= 4 is 5.91 Å². The van der Waals surface area contributed by atoms with Gasteiger partial charge in [-0.2, -0.15) is 0 Å². The Morgan fingerprint density at radius 3 is 2.82 bits per heavy atom. The van der Waals surface area contributed by atoms with E-state index >= 15 is 0 Å². The van der Waals surface area contributed by atoms with Crippen LogP contribution in [0.4, 0.5) is 0 Å². The van der Waals surface area contributed by atoms with Crippen LogP contribution in [-0.4, -0.2) is 40.0 Å². The predicted molar refractivity (Wildman–Crippen MR) is 107 cm³/mol. The van der Waals surface area contributed by atoms with Gasteiger partial charge in [-0.1, -0.05) is 50.1 Å². The van der Waals surface area contributed by atoms with Crippen LogP contribution in [0.15, 0.2) is 41.1 Å². The minimum atomic E-state index is 0.0242. The molecule has 148 valence electrons. The normalized spacial score (nSPS) is 34.3. The van der Waals surface area contributed by atoms with Gasteiger partial charge in [-0.25, -0.2) is 4.98 Å². The van der Waals surface area contributed by atoms with Crippen molar-refractivity contribution in [1.29, 1.82) is 0 Å². The average Bonchev–Trinajstić information content (AvgIpc) is 3.18. The number of amides is 1. The van der Waals surface area contributed by atoms with Gasteiger partial charge in [-0.05, 0) is 38.2 Å². The summed E-state index contributed by atoms with van der Waals surface area (Å²) >= 11 is 0. The number of piperidine rings is 1. The van der Waals surface area contributed by atoms with E-state index in [9.17, 15) is 4.79 Å². The molecule has 0 radical (unpaired) electrons. The van der Waals surface area contributed by atoms with Crippen molar-refractivity contribution in [2.45, 2.75) is 76.5 Å². The van der Waals surface area contributed by atoms with Crippen molar-refractivity contribution in [3.63, 3.8) is 0 Å². The van der Waals surface area contributed by atoms with Crippen LogP contribution in [0.2, 0.25) is 0 Å². The molecule has 1 aromatic heterocycles. The second-order valence-corrected chi connectivity index (χ2v) is 9.07. The van der Waals surface area contributed by atoms with E-state index in [4.69, 9.17) is 4.42 Å². The van der Waals surface area contributed by atoms with Gasteiger partial charge in [0.1, 0.15) is 0 Å². The van der Waals surface area contributed by atoms with E-state index in [1.165, 1.54) is 31.2 Å². The molecule has 2 saturated heterocycles. The lowest BCUT2D eigenvalue weighted by molar-refractivity contribution is 0.0578. The van der Waals surface area contributed by atoms with Crippen LogP contribution in [0.5, 0.6) is 0 Å². The Bertz CT molecular complexity index is 864. The molecule has 3 heterocycles. The van der Waals surface area contributed by atoms with E-state index in [0.29, 0.717) is 17.5 Å². The summed E-state index contributed by atoms with van der Waals surface area (Å²) in [5.41, 5.74) is 2.15. The molecule has 5 atom stereocenters. The maximum atomic E-state index is 13.6.